The summed E-state index contributed by atoms with van der Waals surface area (Å²) >= 11 is 6.30. The molecule has 0 saturated carbocycles. The molecule has 6 heteroatoms. The average molecular weight is 591 g/mol. The zero-order valence-electron chi connectivity index (χ0n) is 24.5. The van der Waals surface area contributed by atoms with Crippen LogP contribution in [0.4, 0.5) is 5.69 Å². The number of anilines is 1. The Balaban J connectivity index is 1.35. The van der Waals surface area contributed by atoms with Crippen LogP contribution in [0.5, 0.6) is 0 Å². The molecule has 1 amide bonds. The molecule has 218 valence electrons. The van der Waals surface area contributed by atoms with Crippen molar-refractivity contribution < 1.29 is 14.7 Å². The van der Waals surface area contributed by atoms with E-state index in [0.29, 0.717) is 28.4 Å². The lowest BCUT2D eigenvalue weighted by Crippen LogP contribution is -2.30. The third-order valence-electron chi connectivity index (χ3n) is 7.66. The van der Waals surface area contributed by atoms with Crippen LogP contribution in [0.25, 0.3) is 21.9 Å². The van der Waals surface area contributed by atoms with Crippen LogP contribution in [-0.2, 0) is 16.8 Å². The van der Waals surface area contributed by atoms with Crippen molar-refractivity contribution in [3.63, 3.8) is 0 Å². The van der Waals surface area contributed by atoms with Crippen LogP contribution >= 0.6 is 11.6 Å². The predicted octanol–water partition coefficient (Wildman–Crippen LogP) is 9.02. The molecule has 5 aromatic carbocycles. The van der Waals surface area contributed by atoms with Crippen LogP contribution in [0.2, 0.25) is 5.02 Å². The van der Waals surface area contributed by atoms with Gasteiger partial charge in [0.15, 0.2) is 0 Å². The van der Waals surface area contributed by atoms with Crippen molar-refractivity contribution in [1.82, 2.24) is 5.32 Å². The zero-order valence-corrected chi connectivity index (χ0v) is 25.3. The number of benzene rings is 5. The molecule has 0 bridgehead atoms. The Morgan fingerprint density at radius 1 is 0.814 bits per heavy atom. The van der Waals surface area contributed by atoms with Gasteiger partial charge in [-0.25, -0.2) is 0 Å². The first-order valence-electron chi connectivity index (χ1n) is 14.3. The SMILES string of the molecule is CC(C)(C)c1ccc(-c2ccc(C(CC(=O)O)NC(=O)c3cc(Cl)ccc3NCc3cccc4ccccc34)cc2)cc1. The van der Waals surface area contributed by atoms with E-state index in [2.05, 4.69) is 79.9 Å². The summed E-state index contributed by atoms with van der Waals surface area (Å²) in [5.74, 6) is -1.41. The Kier molecular flexibility index (Phi) is 8.84. The standard InChI is InChI=1S/C37H35ClN2O3/c1-37(2,3)29-17-15-25(16-18-29)24-11-13-27(14-12-24)34(22-35(41)42)40-36(43)32-21-30(38)19-20-33(32)39-23-28-9-6-8-26-7-4-5-10-31(26)28/h4-21,34,39H,22-23H2,1-3H3,(H,40,43)(H,41,42). The predicted molar refractivity (Wildman–Crippen MR) is 176 cm³/mol. The van der Waals surface area contributed by atoms with E-state index >= 15 is 0 Å². The summed E-state index contributed by atoms with van der Waals surface area (Å²) in [6.45, 7) is 7.05. The monoisotopic (exact) mass is 590 g/mol. The van der Waals surface area contributed by atoms with Crippen LogP contribution in [0.3, 0.4) is 0 Å². The summed E-state index contributed by atoms with van der Waals surface area (Å²) in [5.41, 5.74) is 6.16. The highest BCUT2D eigenvalue weighted by atomic mass is 35.5. The minimum atomic E-state index is -1.01. The van der Waals surface area contributed by atoms with Gasteiger partial charge in [-0.15, -0.1) is 0 Å². The summed E-state index contributed by atoms with van der Waals surface area (Å²) in [6.07, 6.45) is -0.259. The fourth-order valence-corrected chi connectivity index (χ4v) is 5.40. The summed E-state index contributed by atoms with van der Waals surface area (Å²) in [4.78, 5) is 25.4. The Morgan fingerprint density at radius 2 is 1.47 bits per heavy atom. The Labute approximate surface area is 257 Å². The topological polar surface area (TPSA) is 78.4 Å². The third kappa shape index (κ3) is 7.25. The first-order valence-corrected chi connectivity index (χ1v) is 14.7. The minimum Gasteiger partial charge on any atom is -0.481 e. The van der Waals surface area contributed by atoms with Gasteiger partial charge in [0.1, 0.15) is 0 Å². The molecule has 0 radical (unpaired) electrons. The summed E-state index contributed by atoms with van der Waals surface area (Å²) < 4.78 is 0. The highest BCUT2D eigenvalue weighted by Crippen LogP contribution is 2.29. The van der Waals surface area contributed by atoms with E-state index in [-0.39, 0.29) is 11.8 Å². The Bertz CT molecular complexity index is 1750. The number of fused-ring (bicyclic) bond motifs is 1. The number of carbonyl (C=O) groups is 2. The maximum atomic E-state index is 13.6. The lowest BCUT2D eigenvalue weighted by atomic mass is 9.86. The van der Waals surface area contributed by atoms with Crippen LogP contribution in [-0.4, -0.2) is 17.0 Å². The van der Waals surface area contributed by atoms with Gasteiger partial charge in [-0.1, -0.05) is 123 Å². The molecular weight excluding hydrogens is 556 g/mol. The highest BCUT2D eigenvalue weighted by Gasteiger charge is 2.21. The Hall–Kier alpha value is -4.61. The molecule has 43 heavy (non-hydrogen) atoms. The van der Waals surface area contributed by atoms with Gasteiger partial charge in [0, 0.05) is 17.3 Å². The van der Waals surface area contributed by atoms with Gasteiger partial charge in [0.2, 0.25) is 0 Å². The number of hydrogen-bond donors (Lipinski definition) is 3. The minimum absolute atomic E-state index is 0.0684. The van der Waals surface area contributed by atoms with E-state index in [4.69, 9.17) is 11.6 Å². The molecule has 0 aliphatic carbocycles. The molecule has 0 aromatic heterocycles. The van der Waals surface area contributed by atoms with E-state index in [1.54, 1.807) is 18.2 Å². The molecule has 0 spiro atoms. The van der Waals surface area contributed by atoms with E-state index < -0.39 is 17.9 Å². The van der Waals surface area contributed by atoms with E-state index in [1.165, 1.54) is 5.56 Å². The number of carbonyl (C=O) groups excluding carboxylic acids is 1. The number of hydrogen-bond acceptors (Lipinski definition) is 3. The van der Waals surface area contributed by atoms with Gasteiger partial charge in [-0.2, -0.15) is 0 Å². The molecule has 1 atom stereocenters. The van der Waals surface area contributed by atoms with Gasteiger partial charge in [0.25, 0.3) is 5.91 Å². The average Bonchev–Trinajstić information content (AvgIpc) is 2.99. The number of amides is 1. The fraction of sp³-hybridized carbons (Fsp3) is 0.189. The molecule has 5 rings (SSSR count). The normalized spacial score (nSPS) is 12.1. The molecule has 5 aromatic rings. The molecule has 5 nitrogen and oxygen atoms in total. The zero-order chi connectivity index (χ0) is 30.6. The van der Waals surface area contributed by atoms with Crippen molar-refractivity contribution in [3.05, 3.63) is 136 Å². The molecule has 0 fully saturated rings. The van der Waals surface area contributed by atoms with E-state index in [1.807, 2.05) is 42.5 Å². The number of carboxylic acids is 1. The summed E-state index contributed by atoms with van der Waals surface area (Å²) in [6, 6.07) is 34.8. The lowest BCUT2D eigenvalue weighted by Gasteiger charge is -2.20. The molecule has 0 saturated heterocycles. The second-order valence-corrected chi connectivity index (χ2v) is 12.2. The maximum absolute atomic E-state index is 13.6. The molecule has 3 N–H and O–H groups in total. The van der Waals surface area contributed by atoms with Crippen molar-refractivity contribution in [2.24, 2.45) is 0 Å². The lowest BCUT2D eigenvalue weighted by molar-refractivity contribution is -0.137. The van der Waals surface area contributed by atoms with Crippen LogP contribution in [0, 0.1) is 0 Å². The van der Waals surface area contributed by atoms with Gasteiger partial charge >= 0.3 is 5.97 Å². The second kappa shape index (κ2) is 12.7. The fourth-order valence-electron chi connectivity index (χ4n) is 5.23. The quantitative estimate of drug-likeness (QED) is 0.160. The Morgan fingerprint density at radius 3 is 2.14 bits per heavy atom. The molecule has 1 unspecified atom stereocenters. The molecular formula is C37H35ClN2O3. The second-order valence-electron chi connectivity index (χ2n) is 11.8. The van der Waals surface area contributed by atoms with Gasteiger partial charge in [0.05, 0.1) is 18.0 Å². The first kappa shape index (κ1) is 29.9. The highest BCUT2D eigenvalue weighted by molar-refractivity contribution is 6.31. The van der Waals surface area contributed by atoms with Gasteiger partial charge in [-0.3, -0.25) is 9.59 Å². The van der Waals surface area contributed by atoms with Crippen LogP contribution in [0.1, 0.15) is 60.3 Å². The van der Waals surface area contributed by atoms with Crippen molar-refractivity contribution >= 4 is 39.9 Å². The number of halogens is 1. The van der Waals surface area contributed by atoms with Gasteiger partial charge < -0.3 is 15.7 Å². The van der Waals surface area contributed by atoms with Crippen molar-refractivity contribution in [2.75, 3.05) is 5.32 Å². The number of rotatable bonds is 9. The number of carboxylic acid groups (broad SMARTS) is 1. The van der Waals surface area contributed by atoms with Crippen molar-refractivity contribution in [2.45, 2.75) is 45.2 Å². The molecule has 0 aliphatic rings. The summed E-state index contributed by atoms with van der Waals surface area (Å²) in [7, 11) is 0. The van der Waals surface area contributed by atoms with Crippen molar-refractivity contribution in [1.29, 1.82) is 0 Å². The van der Waals surface area contributed by atoms with Crippen LogP contribution < -0.4 is 10.6 Å². The van der Waals surface area contributed by atoms with E-state index in [0.717, 1.165) is 27.5 Å². The maximum Gasteiger partial charge on any atom is 0.305 e. The smallest absolute Gasteiger partial charge is 0.305 e. The molecule has 0 heterocycles. The number of aliphatic carboxylic acids is 1. The van der Waals surface area contributed by atoms with Gasteiger partial charge in [-0.05, 0) is 62.2 Å². The summed E-state index contributed by atoms with van der Waals surface area (Å²) in [5, 5.41) is 18.7. The third-order valence-corrected chi connectivity index (χ3v) is 7.89. The number of nitrogens with one attached hydrogen (secondary N) is 2. The molecule has 0 aliphatic heterocycles. The van der Waals surface area contributed by atoms with E-state index in [9.17, 15) is 14.7 Å². The van der Waals surface area contributed by atoms with Crippen LogP contribution in [0.15, 0.2) is 109 Å². The largest absolute Gasteiger partial charge is 0.481 e. The van der Waals surface area contributed by atoms with Crippen molar-refractivity contribution in [3.8, 4) is 11.1 Å². The first-order chi connectivity index (χ1) is 20.6.